The minimum Gasteiger partial charge on any atom is -0.130 e. The van der Waals surface area contributed by atoms with Crippen LogP contribution in [0.1, 0.15) is 25.0 Å². The molecular weight excluding hydrogens is 260 g/mol. The van der Waals surface area contributed by atoms with E-state index in [-0.39, 0.29) is 5.41 Å². The van der Waals surface area contributed by atoms with E-state index < -0.39 is 0 Å². The summed E-state index contributed by atoms with van der Waals surface area (Å²) in [5.41, 5.74) is 5.47. The zero-order valence-corrected chi connectivity index (χ0v) is 12.3. The fraction of sp³-hybridized carbons (Fsp3) is 0.250. The van der Waals surface area contributed by atoms with Gasteiger partial charge in [-0.05, 0) is 52.8 Å². The predicted octanol–water partition coefficient (Wildman–Crippen LogP) is 5.37. The summed E-state index contributed by atoms with van der Waals surface area (Å²) < 4.78 is 0. The van der Waals surface area contributed by atoms with E-state index in [0.29, 0.717) is 0 Å². The van der Waals surface area contributed by atoms with Gasteiger partial charge >= 0.3 is 0 Å². The lowest BCUT2D eigenvalue weighted by molar-refractivity contribution is 0.658. The molecule has 0 heterocycles. The Kier molecular flexibility index (Phi) is 2.72. The topological polar surface area (TPSA) is 0 Å². The second-order valence-electron chi connectivity index (χ2n) is 5.23. The summed E-state index contributed by atoms with van der Waals surface area (Å²) in [6.07, 6.45) is 2.12. The molecule has 0 nitrogen and oxygen atoms in total. The Labute approximate surface area is 117 Å². The molecule has 0 radical (unpaired) electrons. The average Bonchev–Trinajstić information content (AvgIpc) is 2.58. The number of hydrogen-bond acceptors (Lipinski definition) is 1. The van der Waals surface area contributed by atoms with Crippen LogP contribution in [0.4, 0.5) is 0 Å². The second kappa shape index (κ2) is 4.04. The van der Waals surface area contributed by atoms with Gasteiger partial charge in [0.05, 0.1) is 0 Å². The van der Waals surface area contributed by atoms with Gasteiger partial charge in [0.1, 0.15) is 0 Å². The Morgan fingerprint density at radius 1 is 0.944 bits per heavy atom. The summed E-state index contributed by atoms with van der Waals surface area (Å²) >= 11 is 7.93. The molecule has 18 heavy (non-hydrogen) atoms. The van der Waals surface area contributed by atoms with E-state index >= 15 is 0 Å². The minimum absolute atomic E-state index is 0.0704. The fourth-order valence-corrected chi connectivity index (χ4v) is 3.44. The van der Waals surface area contributed by atoms with Crippen molar-refractivity contribution >= 4 is 23.4 Å². The molecule has 3 rings (SSSR count). The van der Waals surface area contributed by atoms with E-state index in [4.69, 9.17) is 11.6 Å². The molecule has 2 aromatic carbocycles. The van der Waals surface area contributed by atoms with Gasteiger partial charge < -0.3 is 0 Å². The zero-order chi connectivity index (χ0) is 12.9. The highest BCUT2D eigenvalue weighted by molar-refractivity contribution is 7.98. The van der Waals surface area contributed by atoms with Crippen LogP contribution in [0.3, 0.4) is 0 Å². The van der Waals surface area contributed by atoms with Crippen molar-refractivity contribution in [1.29, 1.82) is 0 Å². The first kappa shape index (κ1) is 12.1. The van der Waals surface area contributed by atoms with Crippen LogP contribution in [0.15, 0.2) is 41.3 Å². The number of fused-ring (bicyclic) bond motifs is 3. The van der Waals surface area contributed by atoms with Crippen LogP contribution in [0, 0.1) is 0 Å². The highest BCUT2D eigenvalue weighted by Crippen LogP contribution is 2.49. The lowest BCUT2D eigenvalue weighted by Gasteiger charge is -2.21. The lowest BCUT2D eigenvalue weighted by atomic mass is 9.82. The molecule has 0 bridgehead atoms. The zero-order valence-electron chi connectivity index (χ0n) is 10.8. The maximum Gasteiger partial charge on any atom is 0.0412 e. The molecule has 0 fully saturated rings. The molecule has 0 unspecified atom stereocenters. The van der Waals surface area contributed by atoms with Gasteiger partial charge in [0.15, 0.2) is 0 Å². The molecule has 0 atom stereocenters. The summed E-state index contributed by atoms with van der Waals surface area (Å²) in [6, 6.07) is 13.0. The van der Waals surface area contributed by atoms with Crippen molar-refractivity contribution in [3.8, 4) is 11.1 Å². The quantitative estimate of drug-likeness (QED) is 0.630. The van der Waals surface area contributed by atoms with Crippen LogP contribution in [-0.4, -0.2) is 6.26 Å². The van der Waals surface area contributed by atoms with Gasteiger partial charge in [-0.15, -0.1) is 11.8 Å². The molecule has 2 heteroatoms. The van der Waals surface area contributed by atoms with E-state index in [9.17, 15) is 0 Å². The van der Waals surface area contributed by atoms with Gasteiger partial charge in [-0.2, -0.15) is 0 Å². The van der Waals surface area contributed by atoms with Crippen LogP contribution in [-0.2, 0) is 5.41 Å². The maximum absolute atomic E-state index is 6.14. The van der Waals surface area contributed by atoms with E-state index in [1.54, 1.807) is 11.8 Å². The third kappa shape index (κ3) is 1.61. The molecule has 92 valence electrons. The standard InChI is InChI=1S/C16H15ClS/c1-16(2)14-7-4-10(17)8-13(14)12-6-5-11(18-3)9-15(12)16/h4-9H,1-3H3. The number of rotatable bonds is 1. The van der Waals surface area contributed by atoms with E-state index in [0.717, 1.165) is 5.02 Å². The fourth-order valence-electron chi connectivity index (χ4n) is 2.83. The largest absolute Gasteiger partial charge is 0.130 e. The number of benzene rings is 2. The molecule has 1 aliphatic carbocycles. The molecule has 1 aliphatic rings. The van der Waals surface area contributed by atoms with Crippen molar-refractivity contribution < 1.29 is 0 Å². The SMILES string of the molecule is CSc1ccc2c(c1)C(C)(C)c1ccc(Cl)cc1-2. The average molecular weight is 275 g/mol. The van der Waals surface area contributed by atoms with Crippen molar-refractivity contribution in [1.82, 2.24) is 0 Å². The van der Waals surface area contributed by atoms with Crippen molar-refractivity contribution in [3.63, 3.8) is 0 Å². The van der Waals surface area contributed by atoms with Crippen LogP contribution in [0.5, 0.6) is 0 Å². The monoisotopic (exact) mass is 274 g/mol. The Morgan fingerprint density at radius 3 is 2.44 bits per heavy atom. The minimum atomic E-state index is 0.0704. The number of thioether (sulfide) groups is 1. The molecule has 0 N–H and O–H groups in total. The summed E-state index contributed by atoms with van der Waals surface area (Å²) in [6.45, 7) is 4.57. The molecule has 2 aromatic rings. The summed E-state index contributed by atoms with van der Waals surface area (Å²) in [7, 11) is 0. The second-order valence-corrected chi connectivity index (χ2v) is 6.54. The Balaban J connectivity index is 2.32. The van der Waals surface area contributed by atoms with Gasteiger partial charge in [0.2, 0.25) is 0 Å². The van der Waals surface area contributed by atoms with Crippen molar-refractivity contribution in [2.75, 3.05) is 6.26 Å². The Hall–Kier alpha value is -0.920. The first-order valence-corrected chi connectivity index (χ1v) is 7.63. The molecule has 0 aromatic heterocycles. The molecule has 0 saturated heterocycles. The first-order valence-electron chi connectivity index (χ1n) is 6.03. The Bertz CT molecular complexity index is 629. The van der Waals surface area contributed by atoms with Crippen LogP contribution < -0.4 is 0 Å². The summed E-state index contributed by atoms with van der Waals surface area (Å²) in [5.74, 6) is 0. The predicted molar refractivity (Wildman–Crippen MR) is 80.8 cm³/mol. The van der Waals surface area contributed by atoms with Gasteiger partial charge in [-0.1, -0.05) is 37.6 Å². The van der Waals surface area contributed by atoms with Crippen LogP contribution in [0.2, 0.25) is 5.02 Å². The summed E-state index contributed by atoms with van der Waals surface area (Å²) in [4.78, 5) is 1.32. The summed E-state index contributed by atoms with van der Waals surface area (Å²) in [5, 5.41) is 0.811. The smallest absolute Gasteiger partial charge is 0.0412 e. The van der Waals surface area contributed by atoms with E-state index in [1.165, 1.54) is 27.1 Å². The molecular formula is C16H15ClS. The normalized spacial score (nSPS) is 15.3. The molecule has 0 saturated carbocycles. The van der Waals surface area contributed by atoms with Gasteiger partial charge in [-0.25, -0.2) is 0 Å². The van der Waals surface area contributed by atoms with E-state index in [2.05, 4.69) is 50.4 Å². The lowest BCUT2D eigenvalue weighted by Crippen LogP contribution is -2.14. The third-order valence-electron chi connectivity index (χ3n) is 3.85. The van der Waals surface area contributed by atoms with Gasteiger partial charge in [0, 0.05) is 15.3 Å². The highest BCUT2D eigenvalue weighted by atomic mass is 35.5. The van der Waals surface area contributed by atoms with Crippen molar-refractivity contribution in [2.24, 2.45) is 0 Å². The highest BCUT2D eigenvalue weighted by Gasteiger charge is 2.35. The first-order chi connectivity index (χ1) is 8.54. The third-order valence-corrected chi connectivity index (χ3v) is 4.81. The number of hydrogen-bond donors (Lipinski definition) is 0. The Morgan fingerprint density at radius 2 is 1.72 bits per heavy atom. The van der Waals surface area contributed by atoms with Gasteiger partial charge in [-0.3, -0.25) is 0 Å². The van der Waals surface area contributed by atoms with Crippen LogP contribution in [0.25, 0.3) is 11.1 Å². The maximum atomic E-state index is 6.14. The molecule has 0 amide bonds. The van der Waals surface area contributed by atoms with Crippen LogP contribution >= 0.6 is 23.4 Å². The van der Waals surface area contributed by atoms with Gasteiger partial charge in [0.25, 0.3) is 0 Å². The van der Waals surface area contributed by atoms with E-state index in [1.807, 2.05) is 6.07 Å². The molecule has 0 aliphatic heterocycles. The van der Waals surface area contributed by atoms with Crippen molar-refractivity contribution in [2.45, 2.75) is 24.2 Å². The molecule has 0 spiro atoms. The number of halogens is 1. The van der Waals surface area contributed by atoms with Crippen molar-refractivity contribution in [3.05, 3.63) is 52.5 Å².